The summed E-state index contributed by atoms with van der Waals surface area (Å²) in [6.07, 6.45) is 0.621. The standard InChI is InChI=1S/C14H18N2O3/c1-2-5-13-15-11-6-3-4-7-12(11)16(13)9-10(17)8-14(18)19/h3-4,6-7,10,17H,2,5,8-9H2,1H3,(H,18,19). The number of rotatable bonds is 6. The van der Waals surface area contributed by atoms with Crippen LogP contribution in [0.5, 0.6) is 0 Å². The van der Waals surface area contributed by atoms with Crippen molar-refractivity contribution in [3.8, 4) is 0 Å². The van der Waals surface area contributed by atoms with Gasteiger partial charge in [-0.25, -0.2) is 4.98 Å². The lowest BCUT2D eigenvalue weighted by Crippen LogP contribution is -2.21. The number of carboxylic acid groups (broad SMARTS) is 1. The van der Waals surface area contributed by atoms with Crippen LogP contribution in [0.1, 0.15) is 25.6 Å². The van der Waals surface area contributed by atoms with E-state index in [0.717, 1.165) is 29.7 Å². The zero-order valence-corrected chi connectivity index (χ0v) is 10.9. The number of aliphatic hydroxyl groups is 1. The Labute approximate surface area is 111 Å². The lowest BCUT2D eigenvalue weighted by Gasteiger charge is -2.12. The number of aromatic nitrogens is 2. The van der Waals surface area contributed by atoms with Gasteiger partial charge in [0.1, 0.15) is 5.82 Å². The van der Waals surface area contributed by atoms with Gasteiger partial charge in [0.05, 0.1) is 30.1 Å². The largest absolute Gasteiger partial charge is 0.481 e. The SMILES string of the molecule is CCCc1nc2ccccc2n1CC(O)CC(=O)O. The zero-order chi connectivity index (χ0) is 13.8. The maximum atomic E-state index is 10.6. The molecule has 5 heteroatoms. The summed E-state index contributed by atoms with van der Waals surface area (Å²) in [6, 6.07) is 7.70. The van der Waals surface area contributed by atoms with Gasteiger partial charge in [0.15, 0.2) is 0 Å². The van der Waals surface area contributed by atoms with Crippen molar-refractivity contribution in [3.05, 3.63) is 30.1 Å². The molecule has 19 heavy (non-hydrogen) atoms. The van der Waals surface area contributed by atoms with Crippen LogP contribution in [-0.2, 0) is 17.8 Å². The van der Waals surface area contributed by atoms with Crippen molar-refractivity contribution in [1.29, 1.82) is 0 Å². The molecule has 0 bridgehead atoms. The highest BCUT2D eigenvalue weighted by molar-refractivity contribution is 5.76. The summed E-state index contributed by atoms with van der Waals surface area (Å²) in [7, 11) is 0. The number of aliphatic carboxylic acids is 1. The Hall–Kier alpha value is -1.88. The van der Waals surface area contributed by atoms with E-state index in [1.54, 1.807) is 0 Å². The maximum absolute atomic E-state index is 10.6. The van der Waals surface area contributed by atoms with E-state index in [1.165, 1.54) is 0 Å². The van der Waals surface area contributed by atoms with E-state index in [4.69, 9.17) is 5.11 Å². The molecule has 0 amide bonds. The number of aliphatic hydroxyl groups excluding tert-OH is 1. The Bertz CT molecular complexity index is 577. The van der Waals surface area contributed by atoms with Crippen LogP contribution in [0.4, 0.5) is 0 Å². The van der Waals surface area contributed by atoms with E-state index in [1.807, 2.05) is 28.8 Å². The molecule has 1 atom stereocenters. The molecule has 2 N–H and O–H groups in total. The third-order valence-electron chi connectivity index (χ3n) is 3.01. The Kier molecular flexibility index (Phi) is 4.16. The summed E-state index contributed by atoms with van der Waals surface area (Å²) in [5, 5.41) is 18.5. The third kappa shape index (κ3) is 3.12. The molecule has 0 aliphatic rings. The van der Waals surface area contributed by atoms with Gasteiger partial charge in [0.25, 0.3) is 0 Å². The van der Waals surface area contributed by atoms with Gasteiger partial charge >= 0.3 is 5.97 Å². The van der Waals surface area contributed by atoms with Gasteiger partial charge in [-0.2, -0.15) is 0 Å². The van der Waals surface area contributed by atoms with E-state index in [9.17, 15) is 9.90 Å². The van der Waals surface area contributed by atoms with E-state index >= 15 is 0 Å². The number of aryl methyl sites for hydroxylation is 1. The molecule has 1 unspecified atom stereocenters. The van der Waals surface area contributed by atoms with E-state index in [2.05, 4.69) is 11.9 Å². The fourth-order valence-electron chi connectivity index (χ4n) is 2.22. The van der Waals surface area contributed by atoms with Crippen LogP contribution in [0.3, 0.4) is 0 Å². The van der Waals surface area contributed by atoms with Crippen LogP contribution < -0.4 is 0 Å². The van der Waals surface area contributed by atoms with Crippen molar-refractivity contribution in [2.24, 2.45) is 0 Å². The van der Waals surface area contributed by atoms with Gasteiger partial charge in [0, 0.05) is 6.42 Å². The molecule has 5 nitrogen and oxygen atoms in total. The van der Waals surface area contributed by atoms with Crippen LogP contribution in [0.15, 0.2) is 24.3 Å². The normalized spacial score (nSPS) is 12.7. The van der Waals surface area contributed by atoms with Gasteiger partial charge in [-0.05, 0) is 18.6 Å². The number of carbonyl (C=O) groups is 1. The molecular weight excluding hydrogens is 244 g/mol. The molecule has 2 aromatic rings. The third-order valence-corrected chi connectivity index (χ3v) is 3.01. The Morgan fingerprint density at radius 3 is 2.84 bits per heavy atom. The van der Waals surface area contributed by atoms with Gasteiger partial charge < -0.3 is 14.8 Å². The average Bonchev–Trinajstić information content (AvgIpc) is 2.67. The Balaban J connectivity index is 2.33. The summed E-state index contributed by atoms with van der Waals surface area (Å²) in [6.45, 7) is 2.33. The molecule has 0 fully saturated rings. The molecule has 0 spiro atoms. The molecule has 0 saturated heterocycles. The lowest BCUT2D eigenvalue weighted by atomic mass is 10.2. The highest BCUT2D eigenvalue weighted by Crippen LogP contribution is 2.18. The maximum Gasteiger partial charge on any atom is 0.306 e. The highest BCUT2D eigenvalue weighted by Gasteiger charge is 2.15. The fraction of sp³-hybridized carbons (Fsp3) is 0.429. The van der Waals surface area contributed by atoms with Crippen molar-refractivity contribution >= 4 is 17.0 Å². The minimum Gasteiger partial charge on any atom is -0.481 e. The van der Waals surface area contributed by atoms with E-state index in [-0.39, 0.29) is 13.0 Å². The van der Waals surface area contributed by atoms with Gasteiger partial charge in [-0.15, -0.1) is 0 Å². The van der Waals surface area contributed by atoms with E-state index < -0.39 is 12.1 Å². The molecule has 1 aromatic carbocycles. The Morgan fingerprint density at radius 2 is 2.16 bits per heavy atom. The van der Waals surface area contributed by atoms with Crippen LogP contribution in [0.2, 0.25) is 0 Å². The van der Waals surface area contributed by atoms with Gasteiger partial charge in [-0.1, -0.05) is 19.1 Å². The lowest BCUT2D eigenvalue weighted by molar-refractivity contribution is -0.139. The van der Waals surface area contributed by atoms with Crippen molar-refractivity contribution in [1.82, 2.24) is 9.55 Å². The molecule has 0 aliphatic heterocycles. The topological polar surface area (TPSA) is 75.3 Å². The Morgan fingerprint density at radius 1 is 1.42 bits per heavy atom. The monoisotopic (exact) mass is 262 g/mol. The first-order valence-corrected chi connectivity index (χ1v) is 6.45. The smallest absolute Gasteiger partial charge is 0.306 e. The minimum atomic E-state index is -0.992. The van der Waals surface area contributed by atoms with Crippen LogP contribution in [-0.4, -0.2) is 31.8 Å². The second kappa shape index (κ2) is 5.84. The van der Waals surface area contributed by atoms with Crippen LogP contribution >= 0.6 is 0 Å². The number of hydrogen-bond acceptors (Lipinski definition) is 3. The second-order valence-electron chi connectivity index (χ2n) is 4.63. The molecule has 102 valence electrons. The number of hydrogen-bond donors (Lipinski definition) is 2. The van der Waals surface area contributed by atoms with E-state index in [0.29, 0.717) is 0 Å². The number of fused-ring (bicyclic) bond motifs is 1. The number of para-hydroxylation sites is 2. The second-order valence-corrected chi connectivity index (χ2v) is 4.63. The molecule has 1 heterocycles. The summed E-state index contributed by atoms with van der Waals surface area (Å²) in [5.41, 5.74) is 1.82. The van der Waals surface area contributed by atoms with Crippen molar-refractivity contribution < 1.29 is 15.0 Å². The summed E-state index contributed by atoms with van der Waals surface area (Å²) in [5.74, 6) is -0.0953. The predicted octanol–water partition coefficient (Wildman–Crippen LogP) is 1.82. The number of nitrogens with zero attached hydrogens (tertiary/aromatic N) is 2. The first kappa shape index (κ1) is 13.5. The van der Waals surface area contributed by atoms with Crippen LogP contribution in [0.25, 0.3) is 11.0 Å². The zero-order valence-electron chi connectivity index (χ0n) is 10.9. The van der Waals surface area contributed by atoms with Gasteiger partial charge in [-0.3, -0.25) is 4.79 Å². The number of benzene rings is 1. The van der Waals surface area contributed by atoms with Gasteiger partial charge in [0.2, 0.25) is 0 Å². The predicted molar refractivity (Wildman–Crippen MR) is 72.0 cm³/mol. The number of carboxylic acids is 1. The van der Waals surface area contributed by atoms with Crippen molar-refractivity contribution in [2.75, 3.05) is 0 Å². The highest BCUT2D eigenvalue weighted by atomic mass is 16.4. The summed E-state index contributed by atoms with van der Waals surface area (Å²) < 4.78 is 1.92. The quantitative estimate of drug-likeness (QED) is 0.832. The van der Waals surface area contributed by atoms with Crippen LogP contribution in [0, 0.1) is 0 Å². The summed E-state index contributed by atoms with van der Waals surface area (Å²) in [4.78, 5) is 15.2. The molecular formula is C14H18N2O3. The molecule has 0 saturated carbocycles. The minimum absolute atomic E-state index is 0.252. The summed E-state index contributed by atoms with van der Waals surface area (Å²) >= 11 is 0. The first-order chi connectivity index (χ1) is 9.11. The molecule has 1 aromatic heterocycles. The first-order valence-electron chi connectivity index (χ1n) is 6.45. The van der Waals surface area contributed by atoms with Crippen molar-refractivity contribution in [2.45, 2.75) is 38.8 Å². The molecule has 2 rings (SSSR count). The average molecular weight is 262 g/mol. The molecule has 0 aliphatic carbocycles. The van der Waals surface area contributed by atoms with Crippen molar-refractivity contribution in [3.63, 3.8) is 0 Å². The number of imidazole rings is 1. The molecule has 0 radical (unpaired) electrons. The fourth-order valence-corrected chi connectivity index (χ4v) is 2.22.